The second kappa shape index (κ2) is 3.76. The molecule has 1 heterocycles. The van der Waals surface area contributed by atoms with Crippen LogP contribution in [0.3, 0.4) is 0 Å². The molecule has 2 rings (SSSR count). The molecule has 0 amide bonds. The van der Waals surface area contributed by atoms with Gasteiger partial charge in [0.05, 0.1) is 0 Å². The largest absolute Gasteiger partial charge is 0.296 e. The highest BCUT2D eigenvalue weighted by atomic mass is 35.5. The number of hydrogen-bond acceptors (Lipinski definition) is 3. The van der Waals surface area contributed by atoms with E-state index in [9.17, 15) is 4.79 Å². The maximum Gasteiger partial charge on any atom is 0.184 e. The number of hydrogen-bond donors (Lipinski definition) is 0. The topological polar surface area (TPSA) is 30.0 Å². The SMILES string of the molecule is O=Cc1nc(Cl)sc1C1CCCC1. The zero-order valence-corrected chi connectivity index (χ0v) is 8.70. The van der Waals surface area contributed by atoms with Crippen LogP contribution in [0.2, 0.25) is 4.47 Å². The Balaban J connectivity index is 2.31. The molecule has 0 aliphatic heterocycles. The van der Waals surface area contributed by atoms with Gasteiger partial charge in [0, 0.05) is 4.88 Å². The number of halogens is 1. The predicted octanol–water partition coefficient (Wildman–Crippen LogP) is 3.27. The monoisotopic (exact) mass is 215 g/mol. The van der Waals surface area contributed by atoms with Crippen LogP contribution in [0.25, 0.3) is 0 Å². The molecule has 1 aromatic heterocycles. The molecule has 70 valence electrons. The van der Waals surface area contributed by atoms with Crippen molar-refractivity contribution in [3.05, 3.63) is 15.0 Å². The first kappa shape index (κ1) is 9.16. The van der Waals surface area contributed by atoms with Gasteiger partial charge < -0.3 is 0 Å². The molecule has 0 bridgehead atoms. The maximum atomic E-state index is 10.7. The number of aromatic nitrogens is 1. The van der Waals surface area contributed by atoms with E-state index in [1.807, 2.05) is 0 Å². The zero-order chi connectivity index (χ0) is 9.26. The highest BCUT2D eigenvalue weighted by molar-refractivity contribution is 7.16. The van der Waals surface area contributed by atoms with Crippen LogP contribution in [0.4, 0.5) is 0 Å². The van der Waals surface area contributed by atoms with Gasteiger partial charge >= 0.3 is 0 Å². The molecule has 0 spiro atoms. The molecule has 1 saturated carbocycles. The van der Waals surface area contributed by atoms with Gasteiger partial charge in [0.15, 0.2) is 10.8 Å². The van der Waals surface area contributed by atoms with Crippen LogP contribution in [0, 0.1) is 0 Å². The third kappa shape index (κ3) is 1.76. The summed E-state index contributed by atoms with van der Waals surface area (Å²) in [4.78, 5) is 15.8. The van der Waals surface area contributed by atoms with Gasteiger partial charge in [-0.15, -0.1) is 11.3 Å². The number of carbonyl (C=O) groups is 1. The summed E-state index contributed by atoms with van der Waals surface area (Å²) in [6.45, 7) is 0. The molecule has 2 nitrogen and oxygen atoms in total. The molecular weight excluding hydrogens is 206 g/mol. The van der Waals surface area contributed by atoms with E-state index >= 15 is 0 Å². The lowest BCUT2D eigenvalue weighted by atomic mass is 10.1. The van der Waals surface area contributed by atoms with Crippen molar-refractivity contribution >= 4 is 29.2 Å². The van der Waals surface area contributed by atoms with Crippen molar-refractivity contribution in [2.45, 2.75) is 31.6 Å². The van der Waals surface area contributed by atoms with E-state index in [0.29, 0.717) is 16.1 Å². The first-order chi connectivity index (χ1) is 6.31. The van der Waals surface area contributed by atoms with Gasteiger partial charge in [-0.2, -0.15) is 0 Å². The summed E-state index contributed by atoms with van der Waals surface area (Å²) in [5.74, 6) is 0.533. The molecule has 0 saturated heterocycles. The fourth-order valence-electron chi connectivity index (χ4n) is 1.88. The van der Waals surface area contributed by atoms with Crippen molar-refractivity contribution in [2.75, 3.05) is 0 Å². The highest BCUT2D eigenvalue weighted by Crippen LogP contribution is 2.39. The first-order valence-corrected chi connectivity index (χ1v) is 5.62. The Morgan fingerprint density at radius 1 is 1.46 bits per heavy atom. The Bertz CT molecular complexity index is 317. The molecule has 0 unspecified atom stereocenters. The average Bonchev–Trinajstić information content (AvgIpc) is 2.71. The van der Waals surface area contributed by atoms with Gasteiger partial charge in [0.25, 0.3) is 0 Å². The van der Waals surface area contributed by atoms with Crippen molar-refractivity contribution in [3.63, 3.8) is 0 Å². The summed E-state index contributed by atoms with van der Waals surface area (Å²) in [6, 6.07) is 0. The van der Waals surface area contributed by atoms with Crippen LogP contribution >= 0.6 is 22.9 Å². The molecule has 13 heavy (non-hydrogen) atoms. The van der Waals surface area contributed by atoms with Gasteiger partial charge in [0.2, 0.25) is 0 Å². The Hall–Kier alpha value is -0.410. The van der Waals surface area contributed by atoms with E-state index in [2.05, 4.69) is 4.98 Å². The summed E-state index contributed by atoms with van der Waals surface area (Å²) in [5.41, 5.74) is 0.557. The number of thiazole rings is 1. The van der Waals surface area contributed by atoms with E-state index in [-0.39, 0.29) is 0 Å². The molecule has 0 atom stereocenters. The standard InChI is InChI=1S/C9H10ClNOS/c10-9-11-7(5-12)8(13-9)6-3-1-2-4-6/h5-6H,1-4H2. The third-order valence-electron chi connectivity index (χ3n) is 2.49. The zero-order valence-electron chi connectivity index (χ0n) is 7.12. The normalized spacial score (nSPS) is 17.9. The van der Waals surface area contributed by atoms with Crippen LogP contribution in [-0.2, 0) is 0 Å². The van der Waals surface area contributed by atoms with E-state index in [1.165, 1.54) is 37.0 Å². The summed E-state index contributed by atoms with van der Waals surface area (Å²) in [7, 11) is 0. The van der Waals surface area contributed by atoms with Crippen LogP contribution in [0.5, 0.6) is 0 Å². The van der Waals surface area contributed by atoms with Gasteiger partial charge in [-0.05, 0) is 18.8 Å². The lowest BCUT2D eigenvalue weighted by molar-refractivity contribution is 0.111. The lowest BCUT2D eigenvalue weighted by Crippen LogP contribution is -1.93. The summed E-state index contributed by atoms with van der Waals surface area (Å²) in [6.07, 6.45) is 5.70. The Labute approximate surface area is 85.9 Å². The molecule has 0 aromatic carbocycles. The molecule has 4 heteroatoms. The molecule has 0 N–H and O–H groups in total. The molecule has 1 fully saturated rings. The Morgan fingerprint density at radius 2 is 2.15 bits per heavy atom. The quantitative estimate of drug-likeness (QED) is 0.709. The summed E-state index contributed by atoms with van der Waals surface area (Å²) < 4.78 is 0.490. The minimum atomic E-state index is 0.490. The van der Waals surface area contributed by atoms with E-state index in [0.717, 1.165) is 11.2 Å². The fraction of sp³-hybridized carbons (Fsp3) is 0.556. The van der Waals surface area contributed by atoms with E-state index in [4.69, 9.17) is 11.6 Å². The van der Waals surface area contributed by atoms with Crippen LogP contribution in [0.15, 0.2) is 0 Å². The van der Waals surface area contributed by atoms with Crippen LogP contribution in [0.1, 0.15) is 47.0 Å². The Kier molecular flexibility index (Phi) is 2.65. The van der Waals surface area contributed by atoms with Crippen LogP contribution in [-0.4, -0.2) is 11.3 Å². The minimum Gasteiger partial charge on any atom is -0.296 e. The molecular formula is C9H10ClNOS. The van der Waals surface area contributed by atoms with Crippen LogP contribution < -0.4 is 0 Å². The van der Waals surface area contributed by atoms with Gasteiger partial charge in [0.1, 0.15) is 5.69 Å². The van der Waals surface area contributed by atoms with Gasteiger partial charge in [-0.3, -0.25) is 4.79 Å². The highest BCUT2D eigenvalue weighted by Gasteiger charge is 2.22. The molecule has 1 aromatic rings. The van der Waals surface area contributed by atoms with Crippen molar-refractivity contribution in [3.8, 4) is 0 Å². The van der Waals surface area contributed by atoms with E-state index in [1.54, 1.807) is 0 Å². The average molecular weight is 216 g/mol. The number of aldehydes is 1. The number of carbonyl (C=O) groups excluding carboxylic acids is 1. The number of nitrogens with zero attached hydrogens (tertiary/aromatic N) is 1. The predicted molar refractivity (Wildman–Crippen MR) is 53.7 cm³/mol. The molecule has 1 aliphatic rings. The lowest BCUT2D eigenvalue weighted by Gasteiger charge is -2.04. The molecule has 1 aliphatic carbocycles. The smallest absolute Gasteiger partial charge is 0.184 e. The maximum absolute atomic E-state index is 10.7. The van der Waals surface area contributed by atoms with Gasteiger partial charge in [-0.1, -0.05) is 24.4 Å². The summed E-state index contributed by atoms with van der Waals surface area (Å²) in [5, 5.41) is 0. The second-order valence-corrected chi connectivity index (χ2v) is 4.93. The minimum absolute atomic E-state index is 0.490. The van der Waals surface area contributed by atoms with Crippen molar-refractivity contribution in [1.82, 2.24) is 4.98 Å². The Morgan fingerprint density at radius 3 is 2.77 bits per heavy atom. The fourth-order valence-corrected chi connectivity index (χ4v) is 3.15. The summed E-state index contributed by atoms with van der Waals surface area (Å²) >= 11 is 7.23. The van der Waals surface area contributed by atoms with Crippen molar-refractivity contribution in [1.29, 1.82) is 0 Å². The van der Waals surface area contributed by atoms with Crippen molar-refractivity contribution in [2.24, 2.45) is 0 Å². The molecule has 0 radical (unpaired) electrons. The van der Waals surface area contributed by atoms with Gasteiger partial charge in [-0.25, -0.2) is 4.98 Å². The second-order valence-electron chi connectivity index (χ2n) is 3.32. The third-order valence-corrected chi connectivity index (χ3v) is 3.83. The van der Waals surface area contributed by atoms with Crippen molar-refractivity contribution < 1.29 is 4.79 Å². The van der Waals surface area contributed by atoms with E-state index < -0.39 is 0 Å². The first-order valence-electron chi connectivity index (χ1n) is 4.42. The number of rotatable bonds is 2.